The molecule has 0 spiro atoms. The Hall–Kier alpha value is -3.30. The third-order valence-electron chi connectivity index (χ3n) is 5.11. The average Bonchev–Trinajstić information content (AvgIpc) is 3.05. The molecule has 0 radical (unpaired) electrons. The minimum atomic E-state index is -4.13. The number of carbonyl (C=O) groups is 1. The predicted molar refractivity (Wildman–Crippen MR) is 118 cm³/mol. The van der Waals surface area contributed by atoms with E-state index in [1.807, 2.05) is 6.07 Å². The summed E-state index contributed by atoms with van der Waals surface area (Å²) >= 11 is 0. The molecule has 9 heteroatoms. The van der Waals surface area contributed by atoms with Crippen LogP contribution >= 0.6 is 0 Å². The maximum absolute atomic E-state index is 13.8. The van der Waals surface area contributed by atoms with Gasteiger partial charge in [-0.3, -0.25) is 4.79 Å². The molecule has 0 amide bonds. The number of fused-ring (bicyclic) bond motifs is 1. The Labute approximate surface area is 186 Å². The number of aliphatic carboxylic acids is 1. The van der Waals surface area contributed by atoms with Crippen LogP contribution in [-0.2, 0) is 32.0 Å². The van der Waals surface area contributed by atoms with Gasteiger partial charge in [-0.05, 0) is 67.1 Å². The van der Waals surface area contributed by atoms with Gasteiger partial charge in [0.1, 0.15) is 5.82 Å². The minimum absolute atomic E-state index is 0.0579. The molecule has 0 saturated carbocycles. The number of nitrogens with zero attached hydrogens (tertiary/aromatic N) is 1. The van der Waals surface area contributed by atoms with Crippen LogP contribution in [0.5, 0.6) is 0 Å². The highest BCUT2D eigenvalue weighted by Gasteiger charge is 2.26. The van der Waals surface area contributed by atoms with Crippen molar-refractivity contribution in [3.05, 3.63) is 89.9 Å². The third kappa shape index (κ3) is 3.85. The summed E-state index contributed by atoms with van der Waals surface area (Å²) in [6.07, 6.45) is -0.441. The van der Waals surface area contributed by atoms with Gasteiger partial charge in [-0.2, -0.15) is 0 Å². The predicted octanol–water partition coefficient (Wildman–Crippen LogP) is 4.12. The Kier molecular flexibility index (Phi) is 5.70. The van der Waals surface area contributed by atoms with E-state index in [-0.39, 0.29) is 27.1 Å². The van der Waals surface area contributed by atoms with Crippen molar-refractivity contribution in [3.63, 3.8) is 0 Å². The van der Waals surface area contributed by atoms with Crippen molar-refractivity contribution in [1.82, 2.24) is 3.97 Å². The van der Waals surface area contributed by atoms with Crippen LogP contribution in [0.1, 0.15) is 11.3 Å². The number of carboxylic acids is 1. The third-order valence-corrected chi connectivity index (χ3v) is 8.32. The van der Waals surface area contributed by atoms with Crippen LogP contribution in [0.3, 0.4) is 0 Å². The SMILES string of the molecule is Cc1c(CC(=O)O)c2cc(F)ccc2n1S(=O)(=O)c1ccc(S(=O)c2ccccc2)cc1. The molecule has 1 atom stereocenters. The summed E-state index contributed by atoms with van der Waals surface area (Å²) in [6, 6.07) is 18.1. The molecule has 1 heterocycles. The topological polar surface area (TPSA) is 93.4 Å². The van der Waals surface area contributed by atoms with Gasteiger partial charge in [-0.15, -0.1) is 0 Å². The Morgan fingerprint density at radius 3 is 2.25 bits per heavy atom. The zero-order valence-electron chi connectivity index (χ0n) is 16.9. The maximum atomic E-state index is 13.8. The van der Waals surface area contributed by atoms with Gasteiger partial charge in [0.2, 0.25) is 0 Å². The van der Waals surface area contributed by atoms with Crippen LogP contribution in [0.25, 0.3) is 10.9 Å². The van der Waals surface area contributed by atoms with Crippen molar-refractivity contribution in [2.75, 3.05) is 0 Å². The summed E-state index contributed by atoms with van der Waals surface area (Å²) in [5.41, 5.74) is 0.624. The van der Waals surface area contributed by atoms with Gasteiger partial charge in [-0.1, -0.05) is 18.2 Å². The van der Waals surface area contributed by atoms with E-state index in [2.05, 4.69) is 0 Å². The van der Waals surface area contributed by atoms with Crippen LogP contribution in [0.4, 0.5) is 4.39 Å². The summed E-state index contributed by atoms with van der Waals surface area (Å²) < 4.78 is 54.5. The number of benzene rings is 3. The molecule has 1 unspecified atom stereocenters. The van der Waals surface area contributed by atoms with E-state index >= 15 is 0 Å². The van der Waals surface area contributed by atoms with E-state index in [0.29, 0.717) is 9.79 Å². The van der Waals surface area contributed by atoms with Gasteiger partial charge in [0, 0.05) is 20.9 Å². The molecule has 0 aliphatic rings. The standard InChI is InChI=1S/C23H18FNO5S2/c1-15-20(14-23(26)27)21-13-16(24)7-12-22(21)25(15)32(29,30)19-10-8-18(9-11-19)31(28)17-5-3-2-4-6-17/h2-13H,14H2,1H3,(H,26,27). The number of hydrogen-bond acceptors (Lipinski definition) is 4. The highest BCUT2D eigenvalue weighted by atomic mass is 32.2. The van der Waals surface area contributed by atoms with E-state index < -0.39 is 39.0 Å². The van der Waals surface area contributed by atoms with Crippen molar-refractivity contribution in [3.8, 4) is 0 Å². The molecule has 164 valence electrons. The van der Waals surface area contributed by atoms with E-state index in [9.17, 15) is 26.9 Å². The van der Waals surface area contributed by atoms with Crippen LogP contribution in [0, 0.1) is 12.7 Å². The zero-order chi connectivity index (χ0) is 23.0. The molecule has 1 aromatic heterocycles. The molecule has 1 N–H and O–H groups in total. The largest absolute Gasteiger partial charge is 0.481 e. The minimum Gasteiger partial charge on any atom is -0.481 e. The first-order valence-corrected chi connectivity index (χ1v) is 12.1. The van der Waals surface area contributed by atoms with E-state index in [1.54, 1.807) is 24.3 Å². The molecular formula is C23H18FNO5S2. The maximum Gasteiger partial charge on any atom is 0.307 e. The van der Waals surface area contributed by atoms with Gasteiger partial charge in [0.15, 0.2) is 0 Å². The molecule has 4 rings (SSSR count). The van der Waals surface area contributed by atoms with Crippen molar-refractivity contribution >= 4 is 37.7 Å². The quantitative estimate of drug-likeness (QED) is 0.457. The lowest BCUT2D eigenvalue weighted by atomic mass is 10.1. The first kappa shape index (κ1) is 21.9. The van der Waals surface area contributed by atoms with Crippen LogP contribution in [-0.4, -0.2) is 27.7 Å². The Morgan fingerprint density at radius 1 is 1.00 bits per heavy atom. The molecule has 0 aliphatic heterocycles. The number of carboxylic acid groups (broad SMARTS) is 1. The fourth-order valence-corrected chi connectivity index (χ4v) is 6.27. The van der Waals surface area contributed by atoms with Gasteiger partial charge in [0.05, 0.1) is 27.6 Å². The fourth-order valence-electron chi connectivity index (χ4n) is 3.63. The van der Waals surface area contributed by atoms with Crippen LogP contribution in [0.2, 0.25) is 0 Å². The van der Waals surface area contributed by atoms with Gasteiger partial charge < -0.3 is 5.11 Å². The number of halogens is 1. The molecule has 32 heavy (non-hydrogen) atoms. The van der Waals surface area contributed by atoms with E-state index in [0.717, 1.165) is 16.1 Å². The monoisotopic (exact) mass is 471 g/mol. The molecule has 6 nitrogen and oxygen atoms in total. The number of rotatable bonds is 6. The molecule has 3 aromatic carbocycles. The van der Waals surface area contributed by atoms with E-state index in [4.69, 9.17) is 0 Å². The molecular weight excluding hydrogens is 453 g/mol. The smallest absolute Gasteiger partial charge is 0.307 e. The van der Waals surface area contributed by atoms with Gasteiger partial charge in [-0.25, -0.2) is 21.0 Å². The molecule has 0 fully saturated rings. The Bertz CT molecular complexity index is 1460. The second-order valence-electron chi connectivity index (χ2n) is 7.12. The van der Waals surface area contributed by atoms with Gasteiger partial charge in [0.25, 0.3) is 10.0 Å². The average molecular weight is 472 g/mol. The first-order valence-electron chi connectivity index (χ1n) is 9.54. The second-order valence-corrected chi connectivity index (χ2v) is 10.4. The van der Waals surface area contributed by atoms with Crippen LogP contribution < -0.4 is 0 Å². The number of aromatic nitrogens is 1. The summed E-state index contributed by atoms with van der Waals surface area (Å²) in [5.74, 6) is -1.74. The molecule has 0 aliphatic carbocycles. The lowest BCUT2D eigenvalue weighted by molar-refractivity contribution is -0.136. The molecule has 0 saturated heterocycles. The van der Waals surface area contributed by atoms with Crippen molar-refractivity contribution in [1.29, 1.82) is 0 Å². The van der Waals surface area contributed by atoms with E-state index in [1.165, 1.54) is 37.3 Å². The zero-order valence-corrected chi connectivity index (χ0v) is 18.5. The van der Waals surface area contributed by atoms with Crippen molar-refractivity contribution in [2.24, 2.45) is 0 Å². The number of hydrogen-bond donors (Lipinski definition) is 1. The Morgan fingerprint density at radius 2 is 1.62 bits per heavy atom. The van der Waals surface area contributed by atoms with Crippen LogP contribution in [0.15, 0.2) is 87.5 Å². The Balaban J connectivity index is 1.81. The van der Waals surface area contributed by atoms with Crippen molar-refractivity contribution < 1.29 is 26.9 Å². The molecule has 4 aromatic rings. The summed E-state index contributed by atoms with van der Waals surface area (Å²) in [7, 11) is -5.60. The lowest BCUT2D eigenvalue weighted by Gasteiger charge is -2.11. The second kappa shape index (κ2) is 8.33. The lowest BCUT2D eigenvalue weighted by Crippen LogP contribution is -2.15. The summed E-state index contributed by atoms with van der Waals surface area (Å²) in [6.45, 7) is 1.49. The summed E-state index contributed by atoms with van der Waals surface area (Å²) in [5, 5.41) is 9.48. The van der Waals surface area contributed by atoms with Gasteiger partial charge >= 0.3 is 5.97 Å². The molecule has 0 bridgehead atoms. The van der Waals surface area contributed by atoms with Crippen molar-refractivity contribution in [2.45, 2.75) is 28.0 Å². The first-order chi connectivity index (χ1) is 15.2. The highest BCUT2D eigenvalue weighted by molar-refractivity contribution is 7.90. The fraction of sp³-hybridized carbons (Fsp3) is 0.0870. The normalized spacial score (nSPS) is 12.7. The summed E-state index contributed by atoms with van der Waals surface area (Å²) in [4.78, 5) is 12.3. The highest BCUT2D eigenvalue weighted by Crippen LogP contribution is 2.31.